The predicted molar refractivity (Wildman–Crippen MR) is 74.3 cm³/mol. The molecule has 0 aromatic carbocycles. The van der Waals surface area contributed by atoms with Gasteiger partial charge in [-0.25, -0.2) is 0 Å². The Balaban J connectivity index is 2.28. The Hall–Kier alpha value is -1.58. The van der Waals surface area contributed by atoms with Crippen LogP contribution in [0.25, 0.3) is 0 Å². The molecule has 0 aliphatic carbocycles. The van der Waals surface area contributed by atoms with Gasteiger partial charge in [0, 0.05) is 51.5 Å². The van der Waals surface area contributed by atoms with E-state index in [2.05, 4.69) is 20.9 Å². The summed E-state index contributed by atoms with van der Waals surface area (Å²) in [4.78, 5) is 14.0. The lowest BCUT2D eigenvalue weighted by Gasteiger charge is -2.27. The molecule has 1 aliphatic heterocycles. The number of hydrogen-bond donors (Lipinski definition) is 3. The summed E-state index contributed by atoms with van der Waals surface area (Å²) < 4.78 is 0. The number of carbonyl (C=O) groups excluding carboxylic acids is 1. The molecule has 1 amide bonds. The Kier molecular flexibility index (Phi) is 6.93. The second-order valence-electron chi connectivity index (χ2n) is 4.84. The first-order chi connectivity index (χ1) is 9.13. The lowest BCUT2D eigenvalue weighted by Crippen LogP contribution is -2.46. The fraction of sp³-hybridized carbons (Fsp3) is 0.692. The zero-order valence-corrected chi connectivity index (χ0v) is 11.7. The number of carbonyl (C=O) groups is 1. The molecule has 0 unspecified atom stereocenters. The van der Waals surface area contributed by atoms with Crippen LogP contribution in [0.1, 0.15) is 13.8 Å². The van der Waals surface area contributed by atoms with Crippen molar-refractivity contribution in [2.45, 2.75) is 19.9 Å². The summed E-state index contributed by atoms with van der Waals surface area (Å²) >= 11 is 0. The molecule has 1 fully saturated rings. The average molecular weight is 265 g/mol. The zero-order chi connectivity index (χ0) is 14.1. The molecule has 106 valence electrons. The van der Waals surface area contributed by atoms with E-state index >= 15 is 0 Å². The second-order valence-corrected chi connectivity index (χ2v) is 4.84. The van der Waals surface area contributed by atoms with Crippen molar-refractivity contribution >= 4 is 5.91 Å². The summed E-state index contributed by atoms with van der Waals surface area (Å²) in [5, 5.41) is 17.9. The maximum Gasteiger partial charge on any atom is 0.263 e. The summed E-state index contributed by atoms with van der Waals surface area (Å²) in [7, 11) is 0. The molecule has 0 spiro atoms. The Morgan fingerprint density at radius 1 is 1.47 bits per heavy atom. The fourth-order valence-electron chi connectivity index (χ4n) is 1.76. The second kappa shape index (κ2) is 8.51. The molecule has 1 aliphatic rings. The number of nitriles is 1. The summed E-state index contributed by atoms with van der Waals surface area (Å²) in [5.74, 6) is -0.314. The van der Waals surface area contributed by atoms with Gasteiger partial charge in [-0.15, -0.1) is 0 Å². The van der Waals surface area contributed by atoms with Crippen LogP contribution in [-0.2, 0) is 4.79 Å². The van der Waals surface area contributed by atoms with Gasteiger partial charge in [0.1, 0.15) is 11.6 Å². The number of hydrogen-bond acceptors (Lipinski definition) is 5. The van der Waals surface area contributed by atoms with Crippen molar-refractivity contribution in [1.29, 1.82) is 5.26 Å². The van der Waals surface area contributed by atoms with Gasteiger partial charge in [0.25, 0.3) is 5.91 Å². The quantitative estimate of drug-likeness (QED) is 0.442. The van der Waals surface area contributed by atoms with Crippen LogP contribution >= 0.6 is 0 Å². The number of nitrogens with one attached hydrogen (secondary N) is 3. The zero-order valence-electron chi connectivity index (χ0n) is 11.7. The number of amides is 1. The lowest BCUT2D eigenvalue weighted by molar-refractivity contribution is -0.117. The molecule has 1 heterocycles. The van der Waals surface area contributed by atoms with Gasteiger partial charge in [0.15, 0.2) is 0 Å². The number of piperazine rings is 1. The highest BCUT2D eigenvalue weighted by Crippen LogP contribution is 1.93. The van der Waals surface area contributed by atoms with Crippen molar-refractivity contribution in [3.63, 3.8) is 0 Å². The smallest absolute Gasteiger partial charge is 0.263 e. The number of rotatable bonds is 6. The third kappa shape index (κ3) is 6.22. The van der Waals surface area contributed by atoms with E-state index in [-0.39, 0.29) is 17.5 Å². The van der Waals surface area contributed by atoms with Crippen LogP contribution in [0.5, 0.6) is 0 Å². The van der Waals surface area contributed by atoms with Gasteiger partial charge < -0.3 is 16.0 Å². The SMILES string of the molecule is CC(C)N/C=C(/C#N)C(=O)NCCN1CCNCC1. The molecule has 0 atom stereocenters. The Labute approximate surface area is 114 Å². The topological polar surface area (TPSA) is 80.2 Å². The van der Waals surface area contributed by atoms with Gasteiger partial charge in [0.2, 0.25) is 0 Å². The van der Waals surface area contributed by atoms with Crippen molar-refractivity contribution in [2.24, 2.45) is 0 Å². The van der Waals surface area contributed by atoms with Crippen molar-refractivity contribution in [2.75, 3.05) is 39.3 Å². The highest BCUT2D eigenvalue weighted by atomic mass is 16.1. The highest BCUT2D eigenvalue weighted by Gasteiger charge is 2.11. The van der Waals surface area contributed by atoms with Crippen molar-refractivity contribution < 1.29 is 4.79 Å². The molecule has 1 rings (SSSR count). The Morgan fingerprint density at radius 2 is 2.16 bits per heavy atom. The van der Waals surface area contributed by atoms with Crippen molar-refractivity contribution in [3.05, 3.63) is 11.8 Å². The van der Waals surface area contributed by atoms with Gasteiger partial charge in [-0.3, -0.25) is 9.69 Å². The monoisotopic (exact) mass is 265 g/mol. The largest absolute Gasteiger partial charge is 0.387 e. The van der Waals surface area contributed by atoms with Crippen LogP contribution < -0.4 is 16.0 Å². The summed E-state index contributed by atoms with van der Waals surface area (Å²) in [6, 6.07) is 2.11. The van der Waals surface area contributed by atoms with Crippen LogP contribution in [0.15, 0.2) is 11.8 Å². The highest BCUT2D eigenvalue weighted by molar-refractivity contribution is 5.97. The minimum absolute atomic E-state index is 0.119. The van der Waals surface area contributed by atoms with E-state index in [0.717, 1.165) is 32.7 Å². The molecular formula is C13H23N5O. The van der Waals surface area contributed by atoms with E-state index in [1.165, 1.54) is 6.20 Å². The third-order valence-corrected chi connectivity index (χ3v) is 2.85. The molecule has 6 heteroatoms. The molecule has 19 heavy (non-hydrogen) atoms. The molecule has 0 bridgehead atoms. The van der Waals surface area contributed by atoms with Crippen LogP contribution in [0.4, 0.5) is 0 Å². The molecule has 0 aromatic heterocycles. The van der Waals surface area contributed by atoms with Crippen LogP contribution in [-0.4, -0.2) is 56.1 Å². The minimum atomic E-state index is -0.314. The third-order valence-electron chi connectivity index (χ3n) is 2.85. The molecular weight excluding hydrogens is 242 g/mol. The van der Waals surface area contributed by atoms with E-state index in [0.29, 0.717) is 6.54 Å². The van der Waals surface area contributed by atoms with Crippen molar-refractivity contribution in [3.8, 4) is 6.07 Å². The normalized spacial score (nSPS) is 17.1. The van der Waals surface area contributed by atoms with Gasteiger partial charge in [-0.2, -0.15) is 5.26 Å². The van der Waals surface area contributed by atoms with Gasteiger partial charge in [-0.1, -0.05) is 0 Å². The minimum Gasteiger partial charge on any atom is -0.387 e. The average Bonchev–Trinajstić information content (AvgIpc) is 2.40. The maximum absolute atomic E-state index is 11.8. The van der Waals surface area contributed by atoms with Gasteiger partial charge in [0.05, 0.1) is 0 Å². The molecule has 0 aromatic rings. The molecule has 3 N–H and O–H groups in total. The van der Waals surface area contributed by atoms with E-state index in [1.807, 2.05) is 19.9 Å². The van der Waals surface area contributed by atoms with E-state index < -0.39 is 0 Å². The Morgan fingerprint density at radius 3 is 2.74 bits per heavy atom. The van der Waals surface area contributed by atoms with Crippen LogP contribution in [0, 0.1) is 11.3 Å². The summed E-state index contributed by atoms with van der Waals surface area (Å²) in [5.41, 5.74) is 0.119. The van der Waals surface area contributed by atoms with Crippen LogP contribution in [0.3, 0.4) is 0 Å². The summed E-state index contributed by atoms with van der Waals surface area (Å²) in [6.45, 7) is 9.30. The molecule has 6 nitrogen and oxygen atoms in total. The first-order valence-corrected chi connectivity index (χ1v) is 6.71. The maximum atomic E-state index is 11.8. The van der Waals surface area contributed by atoms with E-state index in [4.69, 9.17) is 5.26 Å². The van der Waals surface area contributed by atoms with Crippen LogP contribution in [0.2, 0.25) is 0 Å². The lowest BCUT2D eigenvalue weighted by atomic mass is 10.3. The fourth-order valence-corrected chi connectivity index (χ4v) is 1.76. The Bertz CT molecular complexity index is 353. The molecule has 0 radical (unpaired) electrons. The first-order valence-electron chi connectivity index (χ1n) is 6.71. The van der Waals surface area contributed by atoms with E-state index in [9.17, 15) is 4.79 Å². The first kappa shape index (κ1) is 15.5. The van der Waals surface area contributed by atoms with Gasteiger partial charge >= 0.3 is 0 Å². The number of nitrogens with zero attached hydrogens (tertiary/aromatic N) is 2. The molecule has 0 saturated carbocycles. The van der Waals surface area contributed by atoms with Gasteiger partial charge in [-0.05, 0) is 13.8 Å². The molecule has 1 saturated heterocycles. The summed E-state index contributed by atoms with van der Waals surface area (Å²) in [6.07, 6.45) is 1.48. The van der Waals surface area contributed by atoms with Crippen molar-refractivity contribution in [1.82, 2.24) is 20.9 Å². The predicted octanol–water partition coefficient (Wildman–Crippen LogP) is -0.587. The standard InChI is InChI=1S/C13H23N5O/c1-11(2)17-10-12(9-14)13(19)16-5-8-18-6-3-15-4-7-18/h10-11,15,17H,3-8H2,1-2H3,(H,16,19)/b12-10-. The van der Waals surface area contributed by atoms with E-state index in [1.54, 1.807) is 0 Å².